The summed E-state index contributed by atoms with van der Waals surface area (Å²) in [6, 6.07) is 10.2. The van der Waals surface area contributed by atoms with E-state index in [1.807, 2.05) is 18.2 Å². The predicted octanol–water partition coefficient (Wildman–Crippen LogP) is 1.49. The molecule has 1 aliphatic carbocycles. The fourth-order valence-corrected chi connectivity index (χ4v) is 4.83. The second-order valence-electron chi connectivity index (χ2n) is 4.67. The molecule has 2 N–H and O–H groups in total. The van der Waals surface area contributed by atoms with Gasteiger partial charge in [-0.15, -0.1) is 0 Å². The van der Waals surface area contributed by atoms with E-state index in [9.17, 15) is 10.2 Å². The van der Waals surface area contributed by atoms with Crippen molar-refractivity contribution in [1.29, 1.82) is 0 Å². The van der Waals surface area contributed by atoms with Crippen molar-refractivity contribution in [2.75, 3.05) is 0 Å². The molecule has 0 unspecified atom stereocenters. The molecule has 1 saturated carbocycles. The molecular weight excluding hydrogens is 279 g/mol. The van der Waals surface area contributed by atoms with Gasteiger partial charge < -0.3 is 0 Å². The minimum atomic E-state index is -0.328. The van der Waals surface area contributed by atoms with Gasteiger partial charge in [0.15, 0.2) is 0 Å². The summed E-state index contributed by atoms with van der Waals surface area (Å²) in [5.41, 5.74) is 0. The summed E-state index contributed by atoms with van der Waals surface area (Å²) < 4.78 is 1.27. The Hall–Kier alpha value is -0.341. The Balaban J connectivity index is 2.04. The van der Waals surface area contributed by atoms with Crippen LogP contribution in [0.25, 0.3) is 0 Å². The molecule has 0 saturated heterocycles. The number of hydrogen-bond donors (Lipinski definition) is 2. The summed E-state index contributed by atoms with van der Waals surface area (Å²) in [6.45, 7) is 0. The SMILES string of the molecule is O[C@@H]1CCCCC[C@@H](O)C1[Se]c1ccccc1. The molecule has 0 radical (unpaired) electrons. The Morgan fingerprint density at radius 3 is 2.06 bits per heavy atom. The Bertz CT molecular complexity index is 316. The fourth-order valence-electron chi connectivity index (χ4n) is 2.28. The zero-order chi connectivity index (χ0) is 12.1. The Morgan fingerprint density at radius 1 is 0.882 bits per heavy atom. The van der Waals surface area contributed by atoms with Gasteiger partial charge in [0.25, 0.3) is 0 Å². The average molecular weight is 299 g/mol. The summed E-state index contributed by atoms with van der Waals surface area (Å²) in [4.78, 5) is 0.0604. The van der Waals surface area contributed by atoms with Crippen LogP contribution in [-0.4, -0.2) is 37.4 Å². The van der Waals surface area contributed by atoms with Gasteiger partial charge in [0.05, 0.1) is 0 Å². The van der Waals surface area contributed by atoms with Gasteiger partial charge in [-0.3, -0.25) is 0 Å². The van der Waals surface area contributed by atoms with Crippen LogP contribution < -0.4 is 4.46 Å². The summed E-state index contributed by atoms with van der Waals surface area (Å²) in [5.74, 6) is 0. The van der Waals surface area contributed by atoms with Crippen molar-refractivity contribution in [3.63, 3.8) is 0 Å². The minimum absolute atomic E-state index is 0.0604. The van der Waals surface area contributed by atoms with Gasteiger partial charge in [0.1, 0.15) is 0 Å². The Kier molecular flexibility index (Phi) is 5.05. The molecule has 2 rings (SSSR count). The molecular formula is C14H20O2Se. The summed E-state index contributed by atoms with van der Waals surface area (Å²) in [6.07, 6.45) is 4.35. The molecule has 3 heteroatoms. The standard InChI is InChI=1S/C14H20O2Se/c15-12-9-5-2-6-10-13(16)14(12)17-11-7-3-1-4-8-11/h1,3-4,7-8,12-16H,2,5-6,9-10H2/t12-,13-/m1/s1. The van der Waals surface area contributed by atoms with Crippen LogP contribution in [0, 0.1) is 0 Å². The summed E-state index contributed by atoms with van der Waals surface area (Å²) in [7, 11) is 0. The Labute approximate surface area is 109 Å². The van der Waals surface area contributed by atoms with E-state index in [-0.39, 0.29) is 32.0 Å². The van der Waals surface area contributed by atoms with Crippen molar-refractivity contribution in [2.45, 2.75) is 49.1 Å². The third-order valence-corrected chi connectivity index (χ3v) is 6.30. The maximum absolute atomic E-state index is 10.2. The molecule has 0 bridgehead atoms. The van der Waals surface area contributed by atoms with E-state index < -0.39 is 0 Å². The zero-order valence-corrected chi connectivity index (χ0v) is 11.7. The molecule has 0 aromatic heterocycles. The van der Waals surface area contributed by atoms with Gasteiger partial charge in [-0.05, 0) is 0 Å². The molecule has 17 heavy (non-hydrogen) atoms. The number of rotatable bonds is 2. The molecule has 1 aromatic carbocycles. The van der Waals surface area contributed by atoms with E-state index >= 15 is 0 Å². The zero-order valence-electron chi connectivity index (χ0n) is 9.96. The van der Waals surface area contributed by atoms with Crippen LogP contribution in [0.2, 0.25) is 4.82 Å². The maximum atomic E-state index is 10.2. The van der Waals surface area contributed by atoms with Crippen molar-refractivity contribution in [2.24, 2.45) is 0 Å². The van der Waals surface area contributed by atoms with E-state index in [1.54, 1.807) is 0 Å². The van der Waals surface area contributed by atoms with E-state index in [4.69, 9.17) is 0 Å². The molecule has 0 amide bonds. The van der Waals surface area contributed by atoms with Gasteiger partial charge >= 0.3 is 109 Å². The first-order chi connectivity index (χ1) is 8.27. The third-order valence-electron chi connectivity index (χ3n) is 3.27. The van der Waals surface area contributed by atoms with Crippen LogP contribution in [-0.2, 0) is 0 Å². The van der Waals surface area contributed by atoms with E-state index in [2.05, 4.69) is 12.1 Å². The van der Waals surface area contributed by atoms with Gasteiger partial charge in [0, 0.05) is 0 Å². The summed E-state index contributed by atoms with van der Waals surface area (Å²) in [5, 5.41) is 20.3. The molecule has 2 atom stereocenters. The quantitative estimate of drug-likeness (QED) is 0.812. The van der Waals surface area contributed by atoms with Crippen LogP contribution >= 0.6 is 0 Å². The first kappa shape index (κ1) is 13.1. The topological polar surface area (TPSA) is 40.5 Å². The first-order valence-electron chi connectivity index (χ1n) is 6.35. The number of aliphatic hydroxyl groups is 2. The molecule has 2 nitrogen and oxygen atoms in total. The summed E-state index contributed by atoms with van der Waals surface area (Å²) >= 11 is 0.164. The van der Waals surface area contributed by atoms with Gasteiger partial charge in [0.2, 0.25) is 0 Å². The molecule has 0 spiro atoms. The monoisotopic (exact) mass is 300 g/mol. The predicted molar refractivity (Wildman–Crippen MR) is 70.7 cm³/mol. The Morgan fingerprint density at radius 2 is 1.47 bits per heavy atom. The van der Waals surface area contributed by atoms with Crippen molar-refractivity contribution >= 4 is 19.4 Å². The van der Waals surface area contributed by atoms with Crippen molar-refractivity contribution in [1.82, 2.24) is 0 Å². The van der Waals surface area contributed by atoms with Crippen LogP contribution in [0.1, 0.15) is 32.1 Å². The van der Waals surface area contributed by atoms with Crippen molar-refractivity contribution < 1.29 is 10.2 Å². The van der Waals surface area contributed by atoms with Gasteiger partial charge in [-0.25, -0.2) is 0 Å². The van der Waals surface area contributed by atoms with Crippen LogP contribution in [0.3, 0.4) is 0 Å². The van der Waals surface area contributed by atoms with Gasteiger partial charge in [-0.2, -0.15) is 0 Å². The second kappa shape index (κ2) is 6.55. The molecule has 1 aromatic rings. The molecule has 1 aliphatic rings. The van der Waals surface area contributed by atoms with Crippen molar-refractivity contribution in [3.8, 4) is 0 Å². The normalized spacial score (nSPS) is 27.4. The molecule has 1 fully saturated rings. The van der Waals surface area contributed by atoms with Crippen molar-refractivity contribution in [3.05, 3.63) is 30.3 Å². The van der Waals surface area contributed by atoms with Crippen LogP contribution in [0.5, 0.6) is 0 Å². The first-order valence-corrected chi connectivity index (χ1v) is 8.20. The fraction of sp³-hybridized carbons (Fsp3) is 0.571. The van der Waals surface area contributed by atoms with E-state index in [1.165, 1.54) is 4.46 Å². The molecule has 0 aliphatic heterocycles. The average Bonchev–Trinajstić information content (AvgIpc) is 2.35. The number of hydrogen-bond acceptors (Lipinski definition) is 2. The molecule has 94 valence electrons. The van der Waals surface area contributed by atoms with Crippen LogP contribution in [0.4, 0.5) is 0 Å². The van der Waals surface area contributed by atoms with Gasteiger partial charge in [-0.1, -0.05) is 0 Å². The van der Waals surface area contributed by atoms with E-state index in [0.717, 1.165) is 32.1 Å². The number of aliphatic hydroxyl groups excluding tert-OH is 2. The second-order valence-corrected chi connectivity index (χ2v) is 7.29. The van der Waals surface area contributed by atoms with Crippen LogP contribution in [0.15, 0.2) is 30.3 Å². The third kappa shape index (κ3) is 3.82. The number of benzene rings is 1. The van der Waals surface area contributed by atoms with E-state index in [0.29, 0.717) is 0 Å². The molecule has 0 heterocycles.